The van der Waals surface area contributed by atoms with Crippen LogP contribution in [-0.4, -0.2) is 30.5 Å². The van der Waals surface area contributed by atoms with Gasteiger partial charge in [-0.3, -0.25) is 9.59 Å². The highest BCUT2D eigenvalue weighted by molar-refractivity contribution is 7.20. The fourth-order valence-corrected chi connectivity index (χ4v) is 5.71. The molecule has 3 aromatic rings. The number of fused-ring (bicyclic) bond motifs is 1. The molecule has 1 aromatic carbocycles. The van der Waals surface area contributed by atoms with Crippen molar-refractivity contribution < 1.29 is 14.3 Å². The Morgan fingerprint density at radius 2 is 1.97 bits per heavy atom. The van der Waals surface area contributed by atoms with Crippen LogP contribution in [0, 0.1) is 12.8 Å². The topological polar surface area (TPSA) is 94.3 Å². The summed E-state index contributed by atoms with van der Waals surface area (Å²) in [5.41, 5.74) is 8.24. The van der Waals surface area contributed by atoms with Crippen molar-refractivity contribution in [1.29, 1.82) is 0 Å². The Labute approximate surface area is 185 Å². The molecular weight excluding hydrogens is 410 g/mol. The van der Waals surface area contributed by atoms with Crippen LogP contribution in [0.2, 0.25) is 0 Å². The fourth-order valence-electron chi connectivity index (χ4n) is 4.63. The van der Waals surface area contributed by atoms with E-state index in [1.54, 1.807) is 19.4 Å². The lowest BCUT2D eigenvalue weighted by molar-refractivity contribution is 0.0938. The number of primary amides is 1. The molecule has 0 aliphatic heterocycles. The van der Waals surface area contributed by atoms with Crippen molar-refractivity contribution >= 4 is 33.4 Å². The normalized spacial score (nSPS) is 18.6. The van der Waals surface area contributed by atoms with Crippen LogP contribution in [0.1, 0.15) is 62.8 Å². The Balaban J connectivity index is 1.41. The number of ether oxygens (including phenoxy) is 1. The Hall–Kier alpha value is -2.93. The maximum absolute atomic E-state index is 12.7. The molecule has 3 N–H and O–H groups in total. The number of carbonyl (C=O) groups is 2. The van der Waals surface area contributed by atoms with Crippen LogP contribution < -0.4 is 15.8 Å². The summed E-state index contributed by atoms with van der Waals surface area (Å²) in [6.07, 6.45) is 5.66. The Bertz CT molecular complexity index is 1120. The van der Waals surface area contributed by atoms with E-state index in [1.165, 1.54) is 11.3 Å². The van der Waals surface area contributed by atoms with Gasteiger partial charge >= 0.3 is 0 Å². The largest absolute Gasteiger partial charge is 0.496 e. The minimum atomic E-state index is -0.375. The molecule has 0 atom stereocenters. The van der Waals surface area contributed by atoms with E-state index in [1.807, 2.05) is 31.2 Å². The second-order valence-electron chi connectivity index (χ2n) is 8.15. The van der Waals surface area contributed by atoms with Crippen molar-refractivity contribution in [2.75, 3.05) is 13.7 Å². The van der Waals surface area contributed by atoms with Gasteiger partial charge in [0.2, 0.25) is 0 Å². The Kier molecular flexibility index (Phi) is 6.23. The molecule has 2 aromatic heterocycles. The summed E-state index contributed by atoms with van der Waals surface area (Å²) in [5.74, 6) is 0.856. The third-order valence-corrected chi connectivity index (χ3v) is 7.34. The number of methoxy groups -OCH3 is 1. The lowest BCUT2D eigenvalue weighted by Gasteiger charge is -2.29. The number of benzene rings is 1. The van der Waals surface area contributed by atoms with E-state index in [4.69, 9.17) is 10.5 Å². The molecule has 1 fully saturated rings. The van der Waals surface area contributed by atoms with Crippen molar-refractivity contribution in [3.05, 3.63) is 58.1 Å². The summed E-state index contributed by atoms with van der Waals surface area (Å²) in [6.45, 7) is 2.57. The van der Waals surface area contributed by atoms with E-state index >= 15 is 0 Å². The number of aryl methyl sites for hydroxylation is 1. The number of pyridine rings is 1. The zero-order chi connectivity index (χ0) is 22.0. The van der Waals surface area contributed by atoms with Crippen LogP contribution in [-0.2, 0) is 0 Å². The van der Waals surface area contributed by atoms with Gasteiger partial charge in [-0.25, -0.2) is 4.98 Å². The van der Waals surface area contributed by atoms with E-state index in [-0.39, 0.29) is 11.8 Å². The number of amides is 2. The van der Waals surface area contributed by atoms with E-state index in [0.29, 0.717) is 34.6 Å². The molecule has 6 nitrogen and oxygen atoms in total. The van der Waals surface area contributed by atoms with E-state index < -0.39 is 0 Å². The second kappa shape index (κ2) is 9.06. The van der Waals surface area contributed by atoms with Crippen molar-refractivity contribution in [3.8, 4) is 5.75 Å². The third kappa shape index (κ3) is 4.28. The van der Waals surface area contributed by atoms with E-state index in [2.05, 4.69) is 10.3 Å². The van der Waals surface area contributed by atoms with Crippen LogP contribution in [0.3, 0.4) is 0 Å². The molecule has 31 heavy (non-hydrogen) atoms. The van der Waals surface area contributed by atoms with Gasteiger partial charge in [-0.15, -0.1) is 11.3 Å². The number of carbonyl (C=O) groups excluding carboxylic acids is 2. The molecular formula is C24H27N3O3S. The lowest BCUT2D eigenvalue weighted by Crippen LogP contribution is -2.31. The molecule has 0 bridgehead atoms. The molecule has 1 aliphatic carbocycles. The van der Waals surface area contributed by atoms with Crippen molar-refractivity contribution in [1.82, 2.24) is 10.3 Å². The molecule has 2 heterocycles. The van der Waals surface area contributed by atoms with Crippen LogP contribution in [0.15, 0.2) is 36.5 Å². The van der Waals surface area contributed by atoms with Crippen molar-refractivity contribution in [2.45, 2.75) is 38.5 Å². The first-order chi connectivity index (χ1) is 15.0. The first-order valence-electron chi connectivity index (χ1n) is 10.6. The number of hydrogen-bond donors (Lipinski definition) is 2. The maximum atomic E-state index is 12.7. The average Bonchev–Trinajstić information content (AvgIpc) is 3.17. The summed E-state index contributed by atoms with van der Waals surface area (Å²) >= 11 is 1.39. The first kappa shape index (κ1) is 21.3. The molecule has 0 radical (unpaired) electrons. The SMILES string of the molecule is COc1c(C)cccc1C(=O)NCC1CCC(c2c(C(N)=O)sc3ncccc23)CC1. The van der Waals surface area contributed by atoms with Gasteiger partial charge in [0.05, 0.1) is 17.6 Å². The summed E-state index contributed by atoms with van der Waals surface area (Å²) in [5, 5.41) is 4.12. The molecule has 4 rings (SSSR count). The quantitative estimate of drug-likeness (QED) is 0.597. The summed E-state index contributed by atoms with van der Waals surface area (Å²) in [6, 6.07) is 9.53. The number of thiophene rings is 1. The van der Waals surface area contributed by atoms with Gasteiger partial charge < -0.3 is 15.8 Å². The first-order valence-corrected chi connectivity index (χ1v) is 11.4. The summed E-state index contributed by atoms with van der Waals surface area (Å²) in [4.78, 5) is 30.6. The van der Waals surface area contributed by atoms with Crippen molar-refractivity contribution in [3.63, 3.8) is 0 Å². The molecule has 2 amide bonds. The van der Waals surface area contributed by atoms with Gasteiger partial charge in [0.1, 0.15) is 10.6 Å². The minimum absolute atomic E-state index is 0.103. The standard InChI is InChI=1S/C24H27N3O3S/c1-14-5-3-6-18(20(14)30-2)23(29)27-13-15-8-10-16(11-9-15)19-17-7-4-12-26-24(17)31-21(19)22(25)28/h3-7,12,15-16H,8-11,13H2,1-2H3,(H2,25,28)(H,27,29). The van der Waals surface area contributed by atoms with Crippen LogP contribution in [0.4, 0.5) is 0 Å². The Morgan fingerprint density at radius 3 is 2.68 bits per heavy atom. The van der Waals surface area contributed by atoms with Gasteiger partial charge in [0.25, 0.3) is 11.8 Å². The van der Waals surface area contributed by atoms with E-state index in [9.17, 15) is 9.59 Å². The number of rotatable bonds is 6. The molecule has 7 heteroatoms. The predicted octanol–water partition coefficient (Wildman–Crippen LogP) is 4.42. The monoisotopic (exact) mass is 437 g/mol. The van der Waals surface area contributed by atoms with Gasteiger partial charge in [-0.2, -0.15) is 0 Å². The van der Waals surface area contributed by atoms with Crippen LogP contribution in [0.5, 0.6) is 5.75 Å². The summed E-state index contributed by atoms with van der Waals surface area (Å²) < 4.78 is 5.41. The van der Waals surface area contributed by atoms with Gasteiger partial charge in [-0.1, -0.05) is 18.2 Å². The Morgan fingerprint density at radius 1 is 1.19 bits per heavy atom. The molecule has 0 saturated heterocycles. The second-order valence-corrected chi connectivity index (χ2v) is 9.15. The number of nitrogens with two attached hydrogens (primary N) is 1. The summed E-state index contributed by atoms with van der Waals surface area (Å²) in [7, 11) is 1.59. The number of aromatic nitrogens is 1. The lowest BCUT2D eigenvalue weighted by atomic mass is 9.78. The molecule has 0 unspecified atom stereocenters. The van der Waals surface area contributed by atoms with Gasteiger partial charge in [-0.05, 0) is 67.7 Å². The molecule has 1 saturated carbocycles. The number of nitrogens with one attached hydrogen (secondary N) is 1. The van der Waals surface area contributed by atoms with E-state index in [0.717, 1.165) is 47.0 Å². The zero-order valence-corrected chi connectivity index (χ0v) is 18.6. The predicted molar refractivity (Wildman–Crippen MR) is 123 cm³/mol. The average molecular weight is 438 g/mol. The smallest absolute Gasteiger partial charge is 0.259 e. The number of para-hydroxylation sites is 1. The molecule has 1 aliphatic rings. The minimum Gasteiger partial charge on any atom is -0.496 e. The van der Waals surface area contributed by atoms with Gasteiger partial charge in [0, 0.05) is 18.1 Å². The third-order valence-electron chi connectivity index (χ3n) is 6.20. The number of nitrogens with zero attached hydrogens (tertiary/aromatic N) is 1. The van der Waals surface area contributed by atoms with Crippen LogP contribution >= 0.6 is 11.3 Å². The highest BCUT2D eigenvalue weighted by Crippen LogP contribution is 2.43. The highest BCUT2D eigenvalue weighted by atomic mass is 32.1. The van der Waals surface area contributed by atoms with Crippen LogP contribution in [0.25, 0.3) is 10.2 Å². The molecule has 0 spiro atoms. The molecule has 162 valence electrons. The fraction of sp³-hybridized carbons (Fsp3) is 0.375. The van der Waals surface area contributed by atoms with Crippen molar-refractivity contribution in [2.24, 2.45) is 11.7 Å². The highest BCUT2D eigenvalue weighted by Gasteiger charge is 2.29. The number of hydrogen-bond acceptors (Lipinski definition) is 5. The maximum Gasteiger partial charge on any atom is 0.259 e. The van der Waals surface area contributed by atoms with Gasteiger partial charge in [0.15, 0.2) is 0 Å². The zero-order valence-electron chi connectivity index (χ0n) is 17.8.